The molecule has 0 aromatic carbocycles. The van der Waals surface area contributed by atoms with Gasteiger partial charge in [0, 0.05) is 0 Å². The Morgan fingerprint density at radius 3 is 2.44 bits per heavy atom. The van der Waals surface area contributed by atoms with E-state index in [1.54, 1.807) is 0 Å². The van der Waals surface area contributed by atoms with Gasteiger partial charge < -0.3 is 5.41 Å². The van der Waals surface area contributed by atoms with Crippen LogP contribution in [0.5, 0.6) is 0 Å². The van der Waals surface area contributed by atoms with Crippen LogP contribution in [0.15, 0.2) is 12.2 Å². The van der Waals surface area contributed by atoms with E-state index in [0.717, 1.165) is 12.8 Å². The molecule has 0 aliphatic rings. The van der Waals surface area contributed by atoms with Crippen molar-refractivity contribution in [1.82, 2.24) is 0 Å². The second kappa shape index (κ2) is 5.54. The lowest BCUT2D eigenvalue weighted by molar-refractivity contribution is 0.824. The molecule has 0 aromatic rings. The first-order chi connectivity index (χ1) is 4.27. The lowest BCUT2D eigenvalue weighted by Gasteiger charge is -1.90. The zero-order chi connectivity index (χ0) is 7.11. The van der Waals surface area contributed by atoms with Gasteiger partial charge in [0.2, 0.25) is 0 Å². The molecular formula is C8H15N. The molecule has 0 bridgehead atoms. The Kier molecular flexibility index (Phi) is 5.18. The van der Waals surface area contributed by atoms with Crippen molar-refractivity contribution in [2.24, 2.45) is 5.92 Å². The Hall–Kier alpha value is -0.590. The fourth-order valence-electron chi connectivity index (χ4n) is 0.548. The van der Waals surface area contributed by atoms with E-state index in [2.05, 4.69) is 26.0 Å². The van der Waals surface area contributed by atoms with Gasteiger partial charge in [0.15, 0.2) is 0 Å². The van der Waals surface area contributed by atoms with Crippen LogP contribution in [0.1, 0.15) is 26.7 Å². The highest BCUT2D eigenvalue weighted by atomic mass is 14.3. The number of rotatable bonds is 4. The Labute approximate surface area is 57.3 Å². The molecule has 52 valence electrons. The zero-order valence-corrected chi connectivity index (χ0v) is 6.22. The molecular weight excluding hydrogens is 110 g/mol. The molecule has 0 spiro atoms. The Balaban J connectivity index is 3.14. The molecule has 0 aliphatic carbocycles. The second-order valence-corrected chi connectivity index (χ2v) is 2.45. The second-order valence-electron chi connectivity index (χ2n) is 2.45. The SMILES string of the molecule is CC(C)C=CCCC=N. The summed E-state index contributed by atoms with van der Waals surface area (Å²) in [5.41, 5.74) is 0. The van der Waals surface area contributed by atoms with Crippen LogP contribution in [0.4, 0.5) is 0 Å². The summed E-state index contributed by atoms with van der Waals surface area (Å²) in [5.74, 6) is 0.649. The predicted molar refractivity (Wildman–Crippen MR) is 42.0 cm³/mol. The average molecular weight is 125 g/mol. The highest BCUT2D eigenvalue weighted by Gasteiger charge is 1.81. The lowest BCUT2D eigenvalue weighted by atomic mass is 10.2. The molecule has 0 aromatic heterocycles. The molecule has 0 fully saturated rings. The maximum absolute atomic E-state index is 6.73. The Bertz CT molecular complexity index is 92.7. The van der Waals surface area contributed by atoms with Gasteiger partial charge in [-0.3, -0.25) is 0 Å². The fraction of sp³-hybridized carbons (Fsp3) is 0.625. The van der Waals surface area contributed by atoms with Crippen LogP contribution in [0.3, 0.4) is 0 Å². The smallest absolute Gasteiger partial charge is 0.00447 e. The molecule has 1 N–H and O–H groups in total. The first kappa shape index (κ1) is 8.41. The Morgan fingerprint density at radius 1 is 1.33 bits per heavy atom. The van der Waals surface area contributed by atoms with E-state index in [9.17, 15) is 0 Å². The largest absolute Gasteiger partial charge is 0.313 e. The minimum Gasteiger partial charge on any atom is -0.313 e. The summed E-state index contributed by atoms with van der Waals surface area (Å²) >= 11 is 0. The fourth-order valence-corrected chi connectivity index (χ4v) is 0.548. The monoisotopic (exact) mass is 125 g/mol. The highest BCUT2D eigenvalue weighted by Crippen LogP contribution is 1.95. The van der Waals surface area contributed by atoms with Crippen LogP contribution >= 0.6 is 0 Å². The molecule has 9 heavy (non-hydrogen) atoms. The minimum absolute atomic E-state index is 0.649. The summed E-state index contributed by atoms with van der Waals surface area (Å²) in [7, 11) is 0. The van der Waals surface area contributed by atoms with Crippen LogP contribution in [0, 0.1) is 11.3 Å². The standard InChI is InChI=1S/C8H15N/c1-8(2)6-4-3-5-7-9/h4,6-9H,3,5H2,1-2H3. The van der Waals surface area contributed by atoms with Crippen molar-refractivity contribution in [3.63, 3.8) is 0 Å². The van der Waals surface area contributed by atoms with Gasteiger partial charge in [-0.2, -0.15) is 0 Å². The third kappa shape index (κ3) is 7.41. The first-order valence-corrected chi connectivity index (χ1v) is 3.43. The normalized spacial score (nSPS) is 11.0. The number of hydrogen-bond acceptors (Lipinski definition) is 1. The number of unbranched alkanes of at least 4 members (excludes halogenated alkanes) is 1. The summed E-state index contributed by atoms with van der Waals surface area (Å²) < 4.78 is 0. The van der Waals surface area contributed by atoms with Gasteiger partial charge >= 0.3 is 0 Å². The van der Waals surface area contributed by atoms with Crippen LogP contribution in [-0.4, -0.2) is 6.21 Å². The van der Waals surface area contributed by atoms with Crippen molar-refractivity contribution in [2.45, 2.75) is 26.7 Å². The minimum atomic E-state index is 0.649. The summed E-state index contributed by atoms with van der Waals surface area (Å²) in [6.07, 6.45) is 7.65. The molecule has 0 heterocycles. The van der Waals surface area contributed by atoms with Crippen molar-refractivity contribution in [1.29, 1.82) is 5.41 Å². The molecule has 0 saturated carbocycles. The lowest BCUT2D eigenvalue weighted by Crippen LogP contribution is -1.77. The quantitative estimate of drug-likeness (QED) is 0.339. The average Bonchev–Trinajstić information content (AvgIpc) is 1.80. The van der Waals surface area contributed by atoms with Crippen molar-refractivity contribution in [3.8, 4) is 0 Å². The molecule has 0 unspecified atom stereocenters. The van der Waals surface area contributed by atoms with E-state index in [1.165, 1.54) is 6.21 Å². The number of hydrogen-bond donors (Lipinski definition) is 1. The van der Waals surface area contributed by atoms with Crippen molar-refractivity contribution in [3.05, 3.63) is 12.2 Å². The molecule has 0 amide bonds. The topological polar surface area (TPSA) is 23.9 Å². The van der Waals surface area contributed by atoms with Crippen molar-refractivity contribution in [2.75, 3.05) is 0 Å². The van der Waals surface area contributed by atoms with E-state index in [-0.39, 0.29) is 0 Å². The molecule has 1 heteroatoms. The van der Waals surface area contributed by atoms with Crippen LogP contribution < -0.4 is 0 Å². The van der Waals surface area contributed by atoms with E-state index < -0.39 is 0 Å². The van der Waals surface area contributed by atoms with Crippen molar-refractivity contribution < 1.29 is 0 Å². The van der Waals surface area contributed by atoms with Crippen molar-refractivity contribution >= 4 is 6.21 Å². The Morgan fingerprint density at radius 2 is 2.00 bits per heavy atom. The van der Waals surface area contributed by atoms with E-state index in [1.807, 2.05) is 0 Å². The molecule has 0 radical (unpaired) electrons. The van der Waals surface area contributed by atoms with Crippen LogP contribution in [-0.2, 0) is 0 Å². The van der Waals surface area contributed by atoms with Crippen LogP contribution in [0.25, 0.3) is 0 Å². The van der Waals surface area contributed by atoms with E-state index >= 15 is 0 Å². The van der Waals surface area contributed by atoms with Crippen LogP contribution in [0.2, 0.25) is 0 Å². The third-order valence-electron chi connectivity index (χ3n) is 0.999. The molecule has 0 saturated heterocycles. The van der Waals surface area contributed by atoms with Gasteiger partial charge in [0.05, 0.1) is 0 Å². The maximum Gasteiger partial charge on any atom is -0.00447 e. The maximum atomic E-state index is 6.73. The van der Waals surface area contributed by atoms with Gasteiger partial charge in [0.25, 0.3) is 0 Å². The molecule has 0 atom stereocenters. The number of allylic oxidation sites excluding steroid dienone is 2. The van der Waals surface area contributed by atoms with E-state index in [4.69, 9.17) is 5.41 Å². The number of nitrogens with one attached hydrogen (secondary N) is 1. The van der Waals surface area contributed by atoms with Gasteiger partial charge in [-0.25, -0.2) is 0 Å². The van der Waals surface area contributed by atoms with Gasteiger partial charge in [-0.1, -0.05) is 26.0 Å². The summed E-state index contributed by atoms with van der Waals surface area (Å²) in [6, 6.07) is 0. The first-order valence-electron chi connectivity index (χ1n) is 3.43. The van der Waals surface area contributed by atoms with E-state index in [0.29, 0.717) is 5.92 Å². The molecule has 1 nitrogen and oxygen atoms in total. The summed E-state index contributed by atoms with van der Waals surface area (Å²) in [4.78, 5) is 0. The van der Waals surface area contributed by atoms with Gasteiger partial charge in [-0.15, -0.1) is 0 Å². The summed E-state index contributed by atoms with van der Waals surface area (Å²) in [6.45, 7) is 4.31. The summed E-state index contributed by atoms with van der Waals surface area (Å²) in [5, 5.41) is 6.73. The molecule has 0 aliphatic heterocycles. The highest BCUT2D eigenvalue weighted by molar-refractivity contribution is 5.52. The van der Waals surface area contributed by atoms with Gasteiger partial charge in [-0.05, 0) is 25.0 Å². The van der Waals surface area contributed by atoms with Gasteiger partial charge in [0.1, 0.15) is 0 Å². The third-order valence-corrected chi connectivity index (χ3v) is 0.999. The zero-order valence-electron chi connectivity index (χ0n) is 6.22. The molecule has 0 rings (SSSR count). The predicted octanol–water partition coefficient (Wildman–Crippen LogP) is 2.63.